The summed E-state index contributed by atoms with van der Waals surface area (Å²) in [6.45, 7) is 4.54. The fourth-order valence-electron chi connectivity index (χ4n) is 1.84. The Morgan fingerprint density at radius 1 is 1.30 bits per heavy atom. The molecular weight excluding hydrogens is 271 g/mol. The molecular formula is C14H20F3NO2. The highest BCUT2D eigenvalue weighted by atomic mass is 19.4. The Morgan fingerprint density at radius 3 is 2.45 bits per heavy atom. The van der Waals surface area contributed by atoms with E-state index in [-0.39, 0.29) is 18.3 Å². The zero-order valence-electron chi connectivity index (χ0n) is 11.9. The smallest absolute Gasteiger partial charge is 0.401 e. The van der Waals surface area contributed by atoms with E-state index < -0.39 is 12.7 Å². The lowest BCUT2D eigenvalue weighted by Crippen LogP contribution is -2.38. The Labute approximate surface area is 117 Å². The van der Waals surface area contributed by atoms with Crippen LogP contribution in [0.5, 0.6) is 11.5 Å². The van der Waals surface area contributed by atoms with Crippen LogP contribution >= 0.6 is 0 Å². The van der Waals surface area contributed by atoms with E-state index in [1.165, 1.54) is 4.90 Å². The van der Waals surface area contributed by atoms with Crippen molar-refractivity contribution in [3.63, 3.8) is 0 Å². The molecule has 0 unspecified atom stereocenters. The first-order chi connectivity index (χ1) is 9.24. The van der Waals surface area contributed by atoms with Crippen molar-refractivity contribution in [2.75, 3.05) is 13.2 Å². The number of nitrogens with zero attached hydrogens (tertiary/aromatic N) is 1. The second-order valence-electron chi connectivity index (χ2n) is 4.81. The van der Waals surface area contributed by atoms with Crippen LogP contribution in [0.15, 0.2) is 18.2 Å². The second-order valence-corrected chi connectivity index (χ2v) is 4.81. The van der Waals surface area contributed by atoms with Crippen LogP contribution in [0.3, 0.4) is 0 Å². The van der Waals surface area contributed by atoms with Gasteiger partial charge in [0.25, 0.3) is 0 Å². The third-order valence-electron chi connectivity index (χ3n) is 2.87. The second kappa shape index (κ2) is 6.83. The molecule has 3 nitrogen and oxygen atoms in total. The molecule has 20 heavy (non-hydrogen) atoms. The summed E-state index contributed by atoms with van der Waals surface area (Å²) in [5.41, 5.74) is 0.425. The molecule has 0 bridgehead atoms. The first-order valence-corrected chi connectivity index (χ1v) is 6.49. The van der Waals surface area contributed by atoms with Crippen molar-refractivity contribution in [3.05, 3.63) is 23.8 Å². The molecule has 0 fully saturated rings. The van der Waals surface area contributed by atoms with Crippen molar-refractivity contribution >= 4 is 0 Å². The summed E-state index contributed by atoms with van der Waals surface area (Å²) >= 11 is 0. The summed E-state index contributed by atoms with van der Waals surface area (Å²) in [5, 5.41) is 10.0. The molecule has 0 aliphatic rings. The fraction of sp³-hybridized carbons (Fsp3) is 0.571. The number of hydrogen-bond donors (Lipinski definition) is 1. The number of benzene rings is 1. The van der Waals surface area contributed by atoms with Crippen LogP contribution in [0.4, 0.5) is 13.2 Å². The molecule has 1 N–H and O–H groups in total. The van der Waals surface area contributed by atoms with Gasteiger partial charge < -0.3 is 9.84 Å². The summed E-state index contributed by atoms with van der Waals surface area (Å²) in [4.78, 5) is 1.25. The summed E-state index contributed by atoms with van der Waals surface area (Å²) in [7, 11) is 0. The number of ether oxygens (including phenoxy) is 1. The minimum atomic E-state index is -4.27. The van der Waals surface area contributed by atoms with Crippen LogP contribution in [-0.2, 0) is 6.54 Å². The van der Waals surface area contributed by atoms with E-state index in [0.717, 1.165) is 0 Å². The highest BCUT2D eigenvalue weighted by Crippen LogP contribution is 2.31. The molecule has 0 aromatic heterocycles. The lowest BCUT2D eigenvalue weighted by molar-refractivity contribution is -0.150. The molecule has 0 amide bonds. The SMILES string of the molecule is CCOc1cccc(CN(CC(F)(F)F)C(C)C)c1O. The molecule has 0 aliphatic carbocycles. The number of aromatic hydroxyl groups is 1. The number of rotatable bonds is 6. The van der Waals surface area contributed by atoms with E-state index >= 15 is 0 Å². The van der Waals surface area contributed by atoms with Crippen molar-refractivity contribution in [2.24, 2.45) is 0 Å². The van der Waals surface area contributed by atoms with Crippen molar-refractivity contribution in [1.82, 2.24) is 4.90 Å². The maximum Gasteiger partial charge on any atom is 0.401 e. The van der Waals surface area contributed by atoms with Gasteiger partial charge in [-0.15, -0.1) is 0 Å². The Morgan fingerprint density at radius 2 is 1.95 bits per heavy atom. The van der Waals surface area contributed by atoms with Gasteiger partial charge in [0.05, 0.1) is 13.2 Å². The topological polar surface area (TPSA) is 32.7 Å². The normalized spacial score (nSPS) is 12.2. The van der Waals surface area contributed by atoms with Gasteiger partial charge in [-0.1, -0.05) is 12.1 Å². The standard InChI is InChI=1S/C14H20F3NO2/c1-4-20-12-7-5-6-11(13(12)19)8-18(10(2)3)9-14(15,16)17/h5-7,10,19H,4,8-9H2,1-3H3. The van der Waals surface area contributed by atoms with Gasteiger partial charge in [0.15, 0.2) is 11.5 Å². The first-order valence-electron chi connectivity index (χ1n) is 6.49. The van der Waals surface area contributed by atoms with E-state index in [9.17, 15) is 18.3 Å². The zero-order chi connectivity index (χ0) is 15.3. The quantitative estimate of drug-likeness (QED) is 0.870. The zero-order valence-corrected chi connectivity index (χ0v) is 11.9. The molecule has 0 heterocycles. The Kier molecular flexibility index (Phi) is 5.68. The molecule has 0 radical (unpaired) electrons. The van der Waals surface area contributed by atoms with Crippen LogP contribution in [0.1, 0.15) is 26.3 Å². The summed E-state index contributed by atoms with van der Waals surface area (Å²) < 4.78 is 42.9. The van der Waals surface area contributed by atoms with Crippen LogP contribution in [0.2, 0.25) is 0 Å². The summed E-state index contributed by atoms with van der Waals surface area (Å²) in [6.07, 6.45) is -4.27. The lowest BCUT2D eigenvalue weighted by atomic mass is 10.1. The molecule has 0 spiro atoms. The van der Waals surface area contributed by atoms with Crippen molar-refractivity contribution in [2.45, 2.75) is 39.5 Å². The van der Waals surface area contributed by atoms with Crippen LogP contribution in [0.25, 0.3) is 0 Å². The van der Waals surface area contributed by atoms with Gasteiger partial charge in [-0.2, -0.15) is 13.2 Å². The minimum Gasteiger partial charge on any atom is -0.504 e. The predicted molar refractivity (Wildman–Crippen MR) is 70.9 cm³/mol. The van der Waals surface area contributed by atoms with Gasteiger partial charge in [0, 0.05) is 18.2 Å². The lowest BCUT2D eigenvalue weighted by Gasteiger charge is -2.27. The van der Waals surface area contributed by atoms with Gasteiger partial charge >= 0.3 is 6.18 Å². The van der Waals surface area contributed by atoms with Crippen LogP contribution in [0, 0.1) is 0 Å². The monoisotopic (exact) mass is 291 g/mol. The van der Waals surface area contributed by atoms with Crippen molar-refractivity contribution in [3.8, 4) is 11.5 Å². The third-order valence-corrected chi connectivity index (χ3v) is 2.87. The van der Waals surface area contributed by atoms with Crippen LogP contribution < -0.4 is 4.74 Å². The Hall–Kier alpha value is -1.43. The van der Waals surface area contributed by atoms with E-state index in [2.05, 4.69) is 0 Å². The van der Waals surface area contributed by atoms with E-state index in [0.29, 0.717) is 17.9 Å². The Bertz CT molecular complexity index is 433. The average Bonchev–Trinajstić information content (AvgIpc) is 2.31. The molecule has 114 valence electrons. The number of para-hydroxylation sites is 1. The van der Waals surface area contributed by atoms with E-state index in [1.807, 2.05) is 0 Å². The number of phenolic OH excluding ortho intramolecular Hbond substituents is 1. The van der Waals surface area contributed by atoms with Gasteiger partial charge in [-0.25, -0.2) is 0 Å². The van der Waals surface area contributed by atoms with Crippen molar-refractivity contribution < 1.29 is 23.0 Å². The third kappa shape index (κ3) is 4.92. The van der Waals surface area contributed by atoms with Crippen LogP contribution in [-0.4, -0.2) is 35.4 Å². The molecule has 0 atom stereocenters. The van der Waals surface area contributed by atoms with Gasteiger partial charge in [0.2, 0.25) is 0 Å². The number of alkyl halides is 3. The number of halogens is 3. The molecule has 1 aromatic rings. The summed E-state index contributed by atoms with van der Waals surface area (Å²) in [5.74, 6) is 0.197. The van der Waals surface area contributed by atoms with E-state index in [4.69, 9.17) is 4.74 Å². The van der Waals surface area contributed by atoms with Gasteiger partial charge in [-0.3, -0.25) is 4.90 Å². The number of phenols is 1. The first kappa shape index (κ1) is 16.6. The molecule has 6 heteroatoms. The largest absolute Gasteiger partial charge is 0.504 e. The maximum absolute atomic E-state index is 12.5. The van der Waals surface area contributed by atoms with Gasteiger partial charge in [0.1, 0.15) is 0 Å². The highest BCUT2D eigenvalue weighted by Gasteiger charge is 2.32. The summed E-state index contributed by atoms with van der Waals surface area (Å²) in [6, 6.07) is 4.56. The molecule has 0 saturated carbocycles. The van der Waals surface area contributed by atoms with Gasteiger partial charge in [-0.05, 0) is 26.8 Å². The van der Waals surface area contributed by atoms with Crippen molar-refractivity contribution in [1.29, 1.82) is 0 Å². The maximum atomic E-state index is 12.5. The molecule has 0 aliphatic heterocycles. The van der Waals surface area contributed by atoms with E-state index in [1.54, 1.807) is 39.0 Å². The molecule has 0 saturated heterocycles. The predicted octanol–water partition coefficient (Wildman–Crippen LogP) is 3.56. The highest BCUT2D eigenvalue weighted by molar-refractivity contribution is 5.45. The minimum absolute atomic E-state index is 0.0178. The average molecular weight is 291 g/mol. The molecule has 1 aromatic carbocycles. The fourth-order valence-corrected chi connectivity index (χ4v) is 1.84. The number of hydrogen-bond acceptors (Lipinski definition) is 3. The molecule has 1 rings (SSSR count). The Balaban J connectivity index is 2.91.